The summed E-state index contributed by atoms with van der Waals surface area (Å²) in [5.74, 6) is -0.427. The van der Waals surface area contributed by atoms with Crippen molar-refractivity contribution in [1.29, 1.82) is 0 Å². The number of hydrogen-bond acceptors (Lipinski definition) is 5. The molecule has 0 bridgehead atoms. The Kier molecular flexibility index (Phi) is 5.35. The van der Waals surface area contributed by atoms with Gasteiger partial charge in [0.05, 0.1) is 11.5 Å². The van der Waals surface area contributed by atoms with Gasteiger partial charge in [0.1, 0.15) is 11.7 Å². The van der Waals surface area contributed by atoms with Crippen LogP contribution in [0.15, 0.2) is 54.6 Å². The highest BCUT2D eigenvalue weighted by Crippen LogP contribution is 2.25. The molecule has 1 unspecified atom stereocenters. The number of rotatable bonds is 6. The Hall–Kier alpha value is -3.42. The number of nitrogens with zero attached hydrogens (tertiary/aromatic N) is 3. The molecule has 3 rings (SSSR count). The standard InChI is InChI=1S/C19H20N4O4/c1-21(17-11-12-22(19(17)25)14-7-3-2-4-8-14)18(24)13-20-15-9-5-6-10-16(15)23(26)27/h2-10,17,20H,11-13H2,1H3. The second-order valence-electron chi connectivity index (χ2n) is 6.26. The Morgan fingerprint density at radius 1 is 1.22 bits per heavy atom. The molecule has 2 amide bonds. The van der Waals surface area contributed by atoms with Crippen LogP contribution in [0.25, 0.3) is 0 Å². The van der Waals surface area contributed by atoms with Gasteiger partial charge in [-0.1, -0.05) is 30.3 Å². The molecule has 140 valence electrons. The summed E-state index contributed by atoms with van der Waals surface area (Å²) in [5.41, 5.74) is 0.983. The number of likely N-dealkylation sites (N-methyl/N-ethyl adjacent to an activating group) is 1. The van der Waals surface area contributed by atoms with Crippen molar-refractivity contribution < 1.29 is 14.5 Å². The Labute approximate surface area is 156 Å². The van der Waals surface area contributed by atoms with Crippen LogP contribution in [0.4, 0.5) is 17.1 Å². The van der Waals surface area contributed by atoms with Gasteiger partial charge in [-0.15, -0.1) is 0 Å². The molecule has 27 heavy (non-hydrogen) atoms. The van der Waals surface area contributed by atoms with Gasteiger partial charge in [-0.3, -0.25) is 19.7 Å². The third-order valence-corrected chi connectivity index (χ3v) is 4.64. The molecule has 0 radical (unpaired) electrons. The van der Waals surface area contributed by atoms with Crippen LogP contribution >= 0.6 is 0 Å². The van der Waals surface area contributed by atoms with E-state index in [0.29, 0.717) is 13.0 Å². The second-order valence-corrected chi connectivity index (χ2v) is 6.26. The van der Waals surface area contributed by atoms with E-state index in [4.69, 9.17) is 0 Å². The van der Waals surface area contributed by atoms with Gasteiger partial charge >= 0.3 is 0 Å². The van der Waals surface area contributed by atoms with Gasteiger partial charge in [0.25, 0.3) is 5.69 Å². The van der Waals surface area contributed by atoms with Crippen molar-refractivity contribution in [2.75, 3.05) is 30.4 Å². The molecule has 2 aromatic carbocycles. The first-order valence-electron chi connectivity index (χ1n) is 8.58. The molecular weight excluding hydrogens is 348 g/mol. The number of nitro benzene ring substituents is 1. The fraction of sp³-hybridized carbons (Fsp3) is 0.263. The number of carbonyl (C=O) groups excluding carboxylic acids is 2. The maximum absolute atomic E-state index is 12.7. The zero-order chi connectivity index (χ0) is 19.4. The third kappa shape index (κ3) is 3.89. The van der Waals surface area contributed by atoms with E-state index in [2.05, 4.69) is 5.32 Å². The van der Waals surface area contributed by atoms with Crippen molar-refractivity contribution in [3.63, 3.8) is 0 Å². The van der Waals surface area contributed by atoms with Crippen molar-refractivity contribution in [2.24, 2.45) is 0 Å². The molecule has 0 aliphatic carbocycles. The smallest absolute Gasteiger partial charge is 0.292 e. The summed E-state index contributed by atoms with van der Waals surface area (Å²) in [6, 6.07) is 14.9. The van der Waals surface area contributed by atoms with Gasteiger partial charge in [-0.2, -0.15) is 0 Å². The molecule has 1 atom stereocenters. The van der Waals surface area contributed by atoms with E-state index in [-0.39, 0.29) is 29.7 Å². The summed E-state index contributed by atoms with van der Waals surface area (Å²) in [4.78, 5) is 38.8. The molecule has 1 aliphatic rings. The number of benzene rings is 2. The van der Waals surface area contributed by atoms with Crippen LogP contribution in [0.3, 0.4) is 0 Å². The molecule has 1 fully saturated rings. The fourth-order valence-corrected chi connectivity index (χ4v) is 3.14. The summed E-state index contributed by atoms with van der Waals surface area (Å²) in [6.45, 7) is 0.416. The van der Waals surface area contributed by atoms with Crippen LogP contribution in [-0.4, -0.2) is 47.8 Å². The Bertz CT molecular complexity index is 856. The second kappa shape index (κ2) is 7.86. The number of carbonyl (C=O) groups is 2. The lowest BCUT2D eigenvalue weighted by Crippen LogP contribution is -2.45. The van der Waals surface area contributed by atoms with Gasteiger partial charge in [0.2, 0.25) is 11.8 Å². The lowest BCUT2D eigenvalue weighted by molar-refractivity contribution is -0.383. The average molecular weight is 368 g/mol. The minimum absolute atomic E-state index is 0.0971. The minimum Gasteiger partial charge on any atom is -0.371 e. The number of nitrogens with one attached hydrogen (secondary N) is 1. The fourth-order valence-electron chi connectivity index (χ4n) is 3.14. The van der Waals surface area contributed by atoms with E-state index < -0.39 is 11.0 Å². The van der Waals surface area contributed by atoms with Crippen LogP contribution < -0.4 is 10.2 Å². The SMILES string of the molecule is CN(C(=O)CNc1ccccc1[N+](=O)[O-])C1CCN(c2ccccc2)C1=O. The van der Waals surface area contributed by atoms with E-state index in [0.717, 1.165) is 5.69 Å². The van der Waals surface area contributed by atoms with E-state index in [1.165, 1.54) is 11.0 Å². The van der Waals surface area contributed by atoms with Crippen LogP contribution in [0.5, 0.6) is 0 Å². The summed E-state index contributed by atoms with van der Waals surface area (Å²) in [7, 11) is 1.58. The molecule has 0 spiro atoms. The van der Waals surface area contributed by atoms with Gasteiger partial charge in [0, 0.05) is 25.3 Å². The van der Waals surface area contributed by atoms with Crippen LogP contribution in [0.1, 0.15) is 6.42 Å². The maximum atomic E-state index is 12.7. The lowest BCUT2D eigenvalue weighted by atomic mass is 10.2. The summed E-state index contributed by atoms with van der Waals surface area (Å²) in [6.07, 6.45) is 0.543. The van der Waals surface area contributed by atoms with E-state index >= 15 is 0 Å². The molecule has 1 saturated heterocycles. The number of para-hydroxylation sites is 3. The Morgan fingerprint density at radius 2 is 1.89 bits per heavy atom. The maximum Gasteiger partial charge on any atom is 0.292 e. The minimum atomic E-state index is -0.537. The molecule has 0 aromatic heterocycles. The number of nitro groups is 1. The van der Waals surface area contributed by atoms with Gasteiger partial charge in [-0.05, 0) is 24.6 Å². The van der Waals surface area contributed by atoms with Gasteiger partial charge in [-0.25, -0.2) is 0 Å². The molecule has 1 aliphatic heterocycles. The Morgan fingerprint density at radius 3 is 2.59 bits per heavy atom. The highest BCUT2D eigenvalue weighted by Gasteiger charge is 2.37. The Balaban J connectivity index is 1.63. The molecule has 1 heterocycles. The largest absolute Gasteiger partial charge is 0.371 e. The third-order valence-electron chi connectivity index (χ3n) is 4.64. The molecule has 8 nitrogen and oxygen atoms in total. The number of anilines is 2. The molecule has 1 N–H and O–H groups in total. The number of hydrogen-bond donors (Lipinski definition) is 1. The first kappa shape index (κ1) is 18.4. The van der Waals surface area contributed by atoms with E-state index in [9.17, 15) is 19.7 Å². The first-order valence-corrected chi connectivity index (χ1v) is 8.58. The monoisotopic (exact) mass is 368 g/mol. The summed E-state index contributed by atoms with van der Waals surface area (Å²) >= 11 is 0. The van der Waals surface area contributed by atoms with Crippen molar-refractivity contribution in [3.05, 3.63) is 64.7 Å². The highest BCUT2D eigenvalue weighted by atomic mass is 16.6. The van der Waals surface area contributed by atoms with Crippen molar-refractivity contribution >= 4 is 28.9 Å². The zero-order valence-corrected chi connectivity index (χ0v) is 14.9. The molecule has 8 heteroatoms. The predicted octanol–water partition coefficient (Wildman–Crippen LogP) is 2.27. The predicted molar refractivity (Wildman–Crippen MR) is 102 cm³/mol. The molecule has 2 aromatic rings. The summed E-state index contributed by atoms with van der Waals surface area (Å²) in [5, 5.41) is 13.8. The van der Waals surface area contributed by atoms with Crippen molar-refractivity contribution in [2.45, 2.75) is 12.5 Å². The van der Waals surface area contributed by atoms with E-state index in [1.807, 2.05) is 30.3 Å². The highest BCUT2D eigenvalue weighted by molar-refractivity contribution is 6.01. The van der Waals surface area contributed by atoms with Crippen LogP contribution in [0, 0.1) is 10.1 Å². The normalized spacial score (nSPS) is 16.3. The zero-order valence-electron chi connectivity index (χ0n) is 14.9. The molecular formula is C19H20N4O4. The quantitative estimate of drug-likeness (QED) is 0.623. The van der Waals surface area contributed by atoms with Crippen molar-refractivity contribution in [3.8, 4) is 0 Å². The summed E-state index contributed by atoms with van der Waals surface area (Å²) < 4.78 is 0. The topological polar surface area (TPSA) is 95.8 Å². The average Bonchev–Trinajstić information content (AvgIpc) is 3.07. The number of amides is 2. The van der Waals surface area contributed by atoms with Crippen LogP contribution in [0.2, 0.25) is 0 Å². The van der Waals surface area contributed by atoms with Gasteiger partial charge in [0.15, 0.2) is 0 Å². The van der Waals surface area contributed by atoms with E-state index in [1.54, 1.807) is 30.1 Å². The van der Waals surface area contributed by atoms with Crippen molar-refractivity contribution in [1.82, 2.24) is 4.90 Å². The first-order chi connectivity index (χ1) is 13.0. The van der Waals surface area contributed by atoms with Gasteiger partial charge < -0.3 is 15.1 Å². The van der Waals surface area contributed by atoms with Crippen LogP contribution in [-0.2, 0) is 9.59 Å². The molecule has 0 saturated carbocycles. The lowest BCUT2D eigenvalue weighted by Gasteiger charge is -2.24.